The second-order valence-corrected chi connectivity index (χ2v) is 16.1. The van der Waals surface area contributed by atoms with E-state index in [1.807, 2.05) is 0 Å². The van der Waals surface area contributed by atoms with Crippen LogP contribution in [-0.4, -0.2) is 42.2 Å². The number of unbranched alkanes of at least 4 members (excludes halogenated alkanes) is 1. The van der Waals surface area contributed by atoms with Crippen LogP contribution in [0.1, 0.15) is 49.5 Å². The van der Waals surface area contributed by atoms with Gasteiger partial charge < -0.3 is 13.9 Å². The molecule has 0 unspecified atom stereocenters. The first-order chi connectivity index (χ1) is 15.8. The summed E-state index contributed by atoms with van der Waals surface area (Å²) in [5.74, 6) is 0.555. The normalized spacial score (nSPS) is 12.4. The van der Waals surface area contributed by atoms with Gasteiger partial charge in [-0.2, -0.15) is 8.42 Å². The van der Waals surface area contributed by atoms with Crippen molar-refractivity contribution in [3.05, 3.63) is 59.7 Å². The average Bonchev–Trinajstić information content (AvgIpc) is 2.74. The Morgan fingerprint density at radius 1 is 0.882 bits per heavy atom. The molecule has 0 saturated carbocycles. The zero-order valence-corrected chi connectivity index (χ0v) is 22.7. The van der Waals surface area contributed by atoms with Crippen molar-refractivity contribution in [3.63, 3.8) is 0 Å². The zero-order chi connectivity index (χ0) is 25.4. The van der Waals surface area contributed by atoms with Gasteiger partial charge in [-0.05, 0) is 72.9 Å². The Labute approximate surface area is 204 Å². The molecule has 34 heavy (non-hydrogen) atoms. The van der Waals surface area contributed by atoms with Crippen LogP contribution in [0.25, 0.3) is 0 Å². The minimum absolute atomic E-state index is 0.0713. The molecule has 0 bridgehead atoms. The summed E-state index contributed by atoms with van der Waals surface area (Å²) in [5, 5.41) is 0.213. The fourth-order valence-corrected chi connectivity index (χ4v) is 4.06. The van der Waals surface area contributed by atoms with Crippen LogP contribution >= 0.6 is 0 Å². The van der Waals surface area contributed by atoms with Gasteiger partial charge in [0.15, 0.2) is 8.32 Å². The monoisotopic (exact) mass is 508 g/mol. The first-order valence-corrected chi connectivity index (χ1v) is 16.0. The number of hydrogen-bond acceptors (Lipinski definition) is 7. The zero-order valence-electron chi connectivity index (χ0n) is 20.9. The number of benzene rings is 2. The lowest BCUT2D eigenvalue weighted by Crippen LogP contribution is -2.41. The molecule has 7 nitrogen and oxygen atoms in total. The highest BCUT2D eigenvalue weighted by Crippen LogP contribution is 2.36. The number of ether oxygens (including phenoxy) is 2. The Kier molecular flexibility index (Phi) is 9.87. The minimum atomic E-state index is -3.51. The predicted octanol–water partition coefficient (Wildman–Crippen LogP) is 5.56. The maximum absolute atomic E-state index is 12.4. The highest BCUT2D eigenvalue weighted by molar-refractivity contribution is 7.85. The topological polar surface area (TPSA) is 88.1 Å². The maximum atomic E-state index is 12.4. The number of esters is 1. The molecule has 0 spiro atoms. The second kappa shape index (κ2) is 12.0. The SMILES string of the molecule is CC(C)(C)[Si](C)(C)OCCCCOc1ccc(C(=O)Oc2ccc(COS(C)(=O)=O)cc2)cc1. The molecule has 2 aromatic carbocycles. The number of hydrogen-bond donors (Lipinski definition) is 0. The van der Waals surface area contributed by atoms with Crippen LogP contribution in [0, 0.1) is 0 Å². The number of carbonyl (C=O) groups excluding carboxylic acids is 1. The minimum Gasteiger partial charge on any atom is -0.494 e. The van der Waals surface area contributed by atoms with Crippen LogP contribution in [0.4, 0.5) is 0 Å². The standard InChI is InChI=1S/C25H36O7SSi/c1-25(2,3)34(5,6)31-18-8-7-17-29-22-15-11-21(12-16-22)24(26)32-23-13-9-20(10-14-23)19-30-33(4,27)28/h9-16H,7-8,17-19H2,1-6H3. The molecular weight excluding hydrogens is 472 g/mol. The van der Waals surface area contributed by atoms with Gasteiger partial charge in [0.05, 0.1) is 25.0 Å². The number of rotatable bonds is 12. The maximum Gasteiger partial charge on any atom is 0.343 e. The molecule has 0 aromatic heterocycles. The highest BCUT2D eigenvalue weighted by atomic mass is 32.2. The summed E-state index contributed by atoms with van der Waals surface area (Å²) in [4.78, 5) is 12.4. The summed E-state index contributed by atoms with van der Waals surface area (Å²) in [6.07, 6.45) is 2.82. The fourth-order valence-electron chi connectivity index (χ4n) is 2.62. The van der Waals surface area contributed by atoms with Crippen LogP contribution in [0.2, 0.25) is 18.1 Å². The van der Waals surface area contributed by atoms with Gasteiger partial charge in [0, 0.05) is 6.61 Å². The van der Waals surface area contributed by atoms with Gasteiger partial charge in [0.2, 0.25) is 0 Å². The summed E-state index contributed by atoms with van der Waals surface area (Å²) < 4.78 is 44.2. The van der Waals surface area contributed by atoms with Gasteiger partial charge in [-0.15, -0.1) is 0 Å². The molecule has 0 radical (unpaired) electrons. The summed E-state index contributed by atoms with van der Waals surface area (Å²) in [6, 6.07) is 13.3. The fraction of sp³-hybridized carbons (Fsp3) is 0.480. The predicted molar refractivity (Wildman–Crippen MR) is 135 cm³/mol. The lowest BCUT2D eigenvalue weighted by molar-refractivity contribution is 0.0734. The summed E-state index contributed by atoms with van der Waals surface area (Å²) >= 11 is 0. The van der Waals surface area contributed by atoms with E-state index in [9.17, 15) is 13.2 Å². The van der Waals surface area contributed by atoms with E-state index in [0.717, 1.165) is 25.7 Å². The molecule has 0 aliphatic rings. The molecule has 2 aromatic rings. The van der Waals surface area contributed by atoms with Crippen molar-refractivity contribution in [3.8, 4) is 11.5 Å². The van der Waals surface area contributed by atoms with E-state index >= 15 is 0 Å². The molecular formula is C25H36O7SSi. The Morgan fingerprint density at radius 2 is 1.44 bits per heavy atom. The van der Waals surface area contributed by atoms with E-state index in [1.165, 1.54) is 0 Å². The highest BCUT2D eigenvalue weighted by Gasteiger charge is 2.36. The van der Waals surface area contributed by atoms with E-state index in [4.69, 9.17) is 18.1 Å². The van der Waals surface area contributed by atoms with Crippen LogP contribution in [-0.2, 0) is 25.3 Å². The Bertz CT molecular complexity index is 1020. The number of carbonyl (C=O) groups is 1. The van der Waals surface area contributed by atoms with Gasteiger partial charge in [-0.1, -0.05) is 32.9 Å². The van der Waals surface area contributed by atoms with Crippen molar-refractivity contribution in [1.29, 1.82) is 0 Å². The molecule has 0 saturated heterocycles. The molecule has 9 heteroatoms. The van der Waals surface area contributed by atoms with Crippen LogP contribution in [0.3, 0.4) is 0 Å². The van der Waals surface area contributed by atoms with E-state index < -0.39 is 24.4 Å². The lowest BCUT2D eigenvalue weighted by Gasteiger charge is -2.36. The largest absolute Gasteiger partial charge is 0.494 e. The van der Waals surface area contributed by atoms with E-state index in [-0.39, 0.29) is 11.6 Å². The van der Waals surface area contributed by atoms with Gasteiger partial charge >= 0.3 is 5.97 Å². The third kappa shape index (κ3) is 9.58. The first-order valence-electron chi connectivity index (χ1n) is 11.3. The van der Waals surface area contributed by atoms with Gasteiger partial charge in [-0.3, -0.25) is 4.18 Å². The first kappa shape index (κ1) is 28.0. The lowest BCUT2D eigenvalue weighted by atomic mass is 10.2. The smallest absolute Gasteiger partial charge is 0.343 e. The second-order valence-electron chi connectivity index (χ2n) is 9.69. The Morgan fingerprint density at radius 3 is 2.00 bits per heavy atom. The van der Waals surface area contributed by atoms with Gasteiger partial charge in [-0.25, -0.2) is 4.79 Å². The van der Waals surface area contributed by atoms with Gasteiger partial charge in [0.1, 0.15) is 11.5 Å². The van der Waals surface area contributed by atoms with Crippen molar-refractivity contribution in [2.75, 3.05) is 19.5 Å². The van der Waals surface area contributed by atoms with Crippen LogP contribution in [0.5, 0.6) is 11.5 Å². The molecule has 0 aliphatic heterocycles. The van der Waals surface area contributed by atoms with Gasteiger partial charge in [0.25, 0.3) is 10.1 Å². The summed E-state index contributed by atoms with van der Waals surface area (Å²) in [6.45, 7) is 12.5. The van der Waals surface area contributed by atoms with Crippen LogP contribution in [0.15, 0.2) is 48.5 Å². The molecule has 0 N–H and O–H groups in total. The third-order valence-corrected chi connectivity index (χ3v) is 10.8. The van der Waals surface area contributed by atoms with E-state index in [1.54, 1.807) is 48.5 Å². The van der Waals surface area contributed by atoms with Crippen molar-refractivity contribution < 1.29 is 31.3 Å². The quantitative estimate of drug-likeness (QED) is 0.122. The average molecular weight is 509 g/mol. The van der Waals surface area contributed by atoms with Crippen LogP contribution < -0.4 is 9.47 Å². The molecule has 2 rings (SSSR count). The van der Waals surface area contributed by atoms with Crippen molar-refractivity contribution >= 4 is 24.4 Å². The summed E-state index contributed by atoms with van der Waals surface area (Å²) in [5.41, 5.74) is 1.05. The molecule has 0 fully saturated rings. The molecule has 0 amide bonds. The van der Waals surface area contributed by atoms with E-state index in [0.29, 0.717) is 29.2 Å². The van der Waals surface area contributed by atoms with Crippen molar-refractivity contribution in [2.24, 2.45) is 0 Å². The third-order valence-electron chi connectivity index (χ3n) is 5.74. The Balaban J connectivity index is 1.74. The van der Waals surface area contributed by atoms with E-state index in [2.05, 4.69) is 33.9 Å². The Hall–Kier alpha value is -2.20. The molecule has 0 atom stereocenters. The van der Waals surface area contributed by atoms with Crippen molar-refractivity contribution in [1.82, 2.24) is 0 Å². The molecule has 0 aliphatic carbocycles. The molecule has 0 heterocycles. The summed E-state index contributed by atoms with van der Waals surface area (Å²) in [7, 11) is -5.21. The van der Waals surface area contributed by atoms with Crippen molar-refractivity contribution in [2.45, 2.75) is 58.4 Å². The molecule has 188 valence electrons.